The van der Waals surface area contributed by atoms with Crippen molar-refractivity contribution in [1.29, 1.82) is 0 Å². The van der Waals surface area contributed by atoms with Crippen LogP contribution in [0.4, 0.5) is 0 Å². The van der Waals surface area contributed by atoms with Gasteiger partial charge in [0.25, 0.3) is 0 Å². The third kappa shape index (κ3) is 1.95. The second-order valence-electron chi connectivity index (χ2n) is 3.18. The Hall–Kier alpha value is 0.400. The fraction of sp³-hybridized carbons (Fsp3) is 1.00. The zero-order valence-corrected chi connectivity index (χ0v) is 8.80. The van der Waals surface area contributed by atoms with Crippen LogP contribution in [0.2, 0.25) is 0 Å². The van der Waals surface area contributed by atoms with Crippen molar-refractivity contribution in [3.05, 3.63) is 0 Å². The molecule has 11 heavy (non-hydrogen) atoms. The molecule has 0 aromatic heterocycles. The summed E-state index contributed by atoms with van der Waals surface area (Å²) < 4.78 is 10.7. The molecule has 0 aliphatic carbocycles. The molecule has 1 saturated heterocycles. The molecule has 0 N–H and O–H groups in total. The first-order valence-electron chi connectivity index (χ1n) is 3.95. The zero-order chi connectivity index (χ0) is 8.43. The molecule has 0 aromatic rings. The van der Waals surface area contributed by atoms with Gasteiger partial charge in [-0.05, 0) is 11.8 Å². The normalized spacial score (nSPS) is 45.8. The second kappa shape index (κ2) is 3.87. The molecule has 66 valence electrons. The summed E-state index contributed by atoms with van der Waals surface area (Å²) in [6, 6.07) is 0. The minimum absolute atomic E-state index is 0.198. The standard InChI is InChI=1S/C8H15BrO2/c1-5-6(2)8(9)11-4-7(5)10-3/h5-8H,4H2,1-3H3/t5-,6-,7-,8+/m1/s1. The number of hydrogen-bond donors (Lipinski definition) is 0. The van der Waals surface area contributed by atoms with Crippen molar-refractivity contribution < 1.29 is 9.47 Å². The number of hydrogen-bond acceptors (Lipinski definition) is 2. The van der Waals surface area contributed by atoms with Crippen molar-refractivity contribution in [2.75, 3.05) is 13.7 Å². The lowest BCUT2D eigenvalue weighted by molar-refractivity contribution is -0.0964. The molecule has 3 heteroatoms. The molecule has 0 spiro atoms. The van der Waals surface area contributed by atoms with Crippen molar-refractivity contribution in [3.63, 3.8) is 0 Å². The van der Waals surface area contributed by atoms with Gasteiger partial charge in [0, 0.05) is 7.11 Å². The van der Waals surface area contributed by atoms with Gasteiger partial charge in [-0.2, -0.15) is 0 Å². The predicted octanol–water partition coefficient (Wildman–Crippen LogP) is 2.02. The quantitative estimate of drug-likeness (QED) is 0.633. The van der Waals surface area contributed by atoms with E-state index in [1.54, 1.807) is 7.11 Å². The van der Waals surface area contributed by atoms with E-state index in [4.69, 9.17) is 9.47 Å². The Labute approximate surface area is 76.4 Å². The van der Waals surface area contributed by atoms with E-state index >= 15 is 0 Å². The van der Waals surface area contributed by atoms with E-state index in [-0.39, 0.29) is 11.1 Å². The third-order valence-electron chi connectivity index (χ3n) is 2.55. The summed E-state index contributed by atoms with van der Waals surface area (Å²) in [5.74, 6) is 1.09. The first-order valence-corrected chi connectivity index (χ1v) is 4.87. The largest absolute Gasteiger partial charge is 0.379 e. The summed E-state index contributed by atoms with van der Waals surface area (Å²) >= 11 is 3.47. The highest BCUT2D eigenvalue weighted by molar-refractivity contribution is 9.09. The van der Waals surface area contributed by atoms with Crippen LogP contribution in [-0.4, -0.2) is 24.8 Å². The molecule has 1 aliphatic heterocycles. The highest BCUT2D eigenvalue weighted by atomic mass is 79.9. The molecule has 1 aliphatic rings. The van der Waals surface area contributed by atoms with Crippen LogP contribution in [0.3, 0.4) is 0 Å². The summed E-state index contributed by atoms with van der Waals surface area (Å²) in [6.07, 6.45) is 0.263. The topological polar surface area (TPSA) is 18.5 Å². The Kier molecular flexibility index (Phi) is 3.34. The second-order valence-corrected chi connectivity index (χ2v) is 4.08. The number of halogens is 1. The third-order valence-corrected chi connectivity index (χ3v) is 3.65. The van der Waals surface area contributed by atoms with E-state index < -0.39 is 0 Å². The van der Waals surface area contributed by atoms with Gasteiger partial charge in [0.15, 0.2) is 0 Å². The van der Waals surface area contributed by atoms with Crippen molar-refractivity contribution in [2.24, 2.45) is 11.8 Å². The van der Waals surface area contributed by atoms with E-state index in [0.717, 1.165) is 0 Å². The molecule has 1 rings (SSSR count). The summed E-state index contributed by atoms with van der Waals surface area (Å²) in [4.78, 5) is 0. The lowest BCUT2D eigenvalue weighted by Gasteiger charge is -2.36. The molecule has 0 unspecified atom stereocenters. The fourth-order valence-corrected chi connectivity index (χ4v) is 1.98. The monoisotopic (exact) mass is 222 g/mol. The Morgan fingerprint density at radius 3 is 2.55 bits per heavy atom. The minimum atomic E-state index is 0.198. The number of ether oxygens (including phenoxy) is 2. The van der Waals surface area contributed by atoms with Crippen LogP contribution in [0.1, 0.15) is 13.8 Å². The lowest BCUT2D eigenvalue weighted by Crippen LogP contribution is -2.41. The molecule has 0 aromatic carbocycles. The maximum atomic E-state index is 5.46. The van der Waals surface area contributed by atoms with Gasteiger partial charge in [-0.1, -0.05) is 29.8 Å². The van der Waals surface area contributed by atoms with Crippen LogP contribution in [0, 0.1) is 11.8 Å². The highest BCUT2D eigenvalue weighted by Crippen LogP contribution is 2.30. The highest BCUT2D eigenvalue weighted by Gasteiger charge is 2.33. The van der Waals surface area contributed by atoms with E-state index in [2.05, 4.69) is 29.8 Å². The molecule has 0 amide bonds. The summed E-state index contributed by atoms with van der Waals surface area (Å²) in [5.41, 5.74) is 0. The van der Waals surface area contributed by atoms with Gasteiger partial charge in [-0.15, -0.1) is 0 Å². The van der Waals surface area contributed by atoms with Gasteiger partial charge in [0.2, 0.25) is 0 Å². The average Bonchev–Trinajstić information content (AvgIpc) is 2.01. The Morgan fingerprint density at radius 2 is 2.00 bits per heavy atom. The summed E-state index contributed by atoms with van der Waals surface area (Å²) in [6.45, 7) is 5.09. The van der Waals surface area contributed by atoms with Crippen LogP contribution in [-0.2, 0) is 9.47 Å². The molecular weight excluding hydrogens is 208 g/mol. The zero-order valence-electron chi connectivity index (χ0n) is 7.21. The first-order chi connectivity index (χ1) is 5.16. The Bertz CT molecular complexity index is 127. The van der Waals surface area contributed by atoms with E-state index in [1.807, 2.05) is 0 Å². The molecule has 0 bridgehead atoms. The van der Waals surface area contributed by atoms with Gasteiger partial charge in [0.1, 0.15) is 5.01 Å². The predicted molar refractivity (Wildman–Crippen MR) is 47.8 cm³/mol. The smallest absolute Gasteiger partial charge is 0.115 e. The van der Waals surface area contributed by atoms with E-state index in [1.165, 1.54) is 0 Å². The molecule has 1 fully saturated rings. The average molecular weight is 223 g/mol. The van der Waals surface area contributed by atoms with Crippen LogP contribution < -0.4 is 0 Å². The maximum absolute atomic E-state index is 5.46. The van der Waals surface area contributed by atoms with Gasteiger partial charge >= 0.3 is 0 Å². The maximum Gasteiger partial charge on any atom is 0.115 e. The fourth-order valence-electron chi connectivity index (χ4n) is 1.35. The molecular formula is C8H15BrO2. The van der Waals surface area contributed by atoms with Crippen molar-refractivity contribution in [3.8, 4) is 0 Å². The molecule has 4 atom stereocenters. The van der Waals surface area contributed by atoms with Crippen LogP contribution in [0.5, 0.6) is 0 Å². The van der Waals surface area contributed by atoms with Gasteiger partial charge < -0.3 is 9.47 Å². The van der Waals surface area contributed by atoms with Gasteiger partial charge in [0.05, 0.1) is 12.7 Å². The van der Waals surface area contributed by atoms with Crippen LogP contribution in [0.25, 0.3) is 0 Å². The Morgan fingerprint density at radius 1 is 1.36 bits per heavy atom. The lowest BCUT2D eigenvalue weighted by atomic mass is 9.89. The van der Waals surface area contributed by atoms with Crippen molar-refractivity contribution >= 4 is 15.9 Å². The van der Waals surface area contributed by atoms with Gasteiger partial charge in [-0.25, -0.2) is 0 Å². The Balaban J connectivity index is 2.52. The first kappa shape index (κ1) is 9.49. The SMILES string of the molecule is CO[C@@H]1CO[C@H](Br)[C@H](C)[C@H]1C. The van der Waals surface area contributed by atoms with Crippen molar-refractivity contribution in [1.82, 2.24) is 0 Å². The summed E-state index contributed by atoms with van der Waals surface area (Å²) in [5, 5.41) is 0.198. The van der Waals surface area contributed by atoms with Crippen molar-refractivity contribution in [2.45, 2.75) is 25.0 Å². The van der Waals surface area contributed by atoms with Gasteiger partial charge in [-0.3, -0.25) is 0 Å². The summed E-state index contributed by atoms with van der Waals surface area (Å²) in [7, 11) is 1.74. The number of rotatable bonds is 1. The molecule has 0 radical (unpaired) electrons. The molecule has 2 nitrogen and oxygen atoms in total. The van der Waals surface area contributed by atoms with Crippen LogP contribution >= 0.6 is 15.9 Å². The van der Waals surface area contributed by atoms with E-state index in [9.17, 15) is 0 Å². The number of alkyl halides is 1. The number of methoxy groups -OCH3 is 1. The minimum Gasteiger partial charge on any atom is -0.379 e. The molecule has 1 heterocycles. The molecule has 0 saturated carbocycles. The van der Waals surface area contributed by atoms with E-state index in [0.29, 0.717) is 18.4 Å². The van der Waals surface area contributed by atoms with Crippen LogP contribution in [0.15, 0.2) is 0 Å².